The summed E-state index contributed by atoms with van der Waals surface area (Å²) in [6.07, 6.45) is -2.95. The van der Waals surface area contributed by atoms with E-state index in [1.165, 1.54) is 12.4 Å². The molecule has 0 atom stereocenters. The summed E-state index contributed by atoms with van der Waals surface area (Å²) in [6, 6.07) is 5.02. The van der Waals surface area contributed by atoms with Gasteiger partial charge in [0.1, 0.15) is 12.2 Å². The molecule has 2 aromatic rings. The predicted octanol–water partition coefficient (Wildman–Crippen LogP) is 2.06. The van der Waals surface area contributed by atoms with Gasteiger partial charge < -0.3 is 5.73 Å². The maximum absolute atomic E-state index is 12.5. The number of nitrogen functional groups attached to an aromatic ring is 1. The largest absolute Gasteiger partial charge is 0.416 e. The van der Waals surface area contributed by atoms with Gasteiger partial charge in [-0.3, -0.25) is 0 Å². The molecule has 2 N–H and O–H groups in total. The molecule has 94 valence electrons. The summed E-state index contributed by atoms with van der Waals surface area (Å²) in [5.74, 6) is 0.383. The van der Waals surface area contributed by atoms with Crippen LogP contribution in [0.4, 0.5) is 19.1 Å². The van der Waals surface area contributed by atoms with E-state index in [1.807, 2.05) is 0 Å². The fourth-order valence-corrected chi connectivity index (χ4v) is 1.47. The molecule has 0 saturated carbocycles. The van der Waals surface area contributed by atoms with Crippen molar-refractivity contribution < 1.29 is 13.2 Å². The van der Waals surface area contributed by atoms with Crippen LogP contribution in [0.25, 0.3) is 0 Å². The van der Waals surface area contributed by atoms with Gasteiger partial charge in [0.05, 0.1) is 5.56 Å². The van der Waals surface area contributed by atoms with Gasteiger partial charge in [0.15, 0.2) is 0 Å². The number of halogens is 3. The van der Waals surface area contributed by atoms with Crippen molar-refractivity contribution in [2.45, 2.75) is 12.6 Å². The fraction of sp³-hybridized carbons (Fsp3) is 0.182. The number of hydrogen-bond acceptors (Lipinski definition) is 4. The molecule has 2 rings (SSSR count). The van der Waals surface area contributed by atoms with E-state index < -0.39 is 11.7 Å². The Hall–Kier alpha value is -2.18. The number of benzene rings is 1. The molecule has 0 fully saturated rings. The zero-order valence-corrected chi connectivity index (χ0v) is 9.15. The van der Waals surface area contributed by atoms with Crippen LogP contribution in [0.15, 0.2) is 30.6 Å². The second kappa shape index (κ2) is 4.59. The number of alkyl halides is 3. The third-order valence-corrected chi connectivity index (χ3v) is 2.26. The van der Waals surface area contributed by atoms with E-state index in [9.17, 15) is 13.2 Å². The van der Waals surface area contributed by atoms with Crippen LogP contribution in [-0.2, 0) is 12.6 Å². The minimum atomic E-state index is -4.35. The summed E-state index contributed by atoms with van der Waals surface area (Å²) in [5.41, 5.74) is 5.14. The first-order valence-corrected chi connectivity index (χ1v) is 5.04. The first kappa shape index (κ1) is 12.3. The molecule has 7 heteroatoms. The van der Waals surface area contributed by atoms with E-state index >= 15 is 0 Å². The lowest BCUT2D eigenvalue weighted by Crippen LogP contribution is -2.06. The van der Waals surface area contributed by atoms with Crippen LogP contribution < -0.4 is 5.73 Å². The number of nitrogens with zero attached hydrogens (tertiary/aromatic N) is 3. The summed E-state index contributed by atoms with van der Waals surface area (Å²) >= 11 is 0. The number of rotatable bonds is 2. The minimum Gasteiger partial charge on any atom is -0.368 e. The monoisotopic (exact) mass is 254 g/mol. The lowest BCUT2D eigenvalue weighted by atomic mass is 10.1. The molecule has 0 aliphatic heterocycles. The molecule has 0 spiro atoms. The maximum Gasteiger partial charge on any atom is 0.416 e. The lowest BCUT2D eigenvalue weighted by molar-refractivity contribution is -0.137. The van der Waals surface area contributed by atoms with Gasteiger partial charge in [0, 0.05) is 6.42 Å². The summed E-state index contributed by atoms with van der Waals surface area (Å²) in [4.78, 5) is 11.3. The maximum atomic E-state index is 12.5. The normalized spacial score (nSPS) is 11.5. The molecular weight excluding hydrogens is 245 g/mol. The Morgan fingerprint density at radius 3 is 2.61 bits per heavy atom. The molecule has 0 radical (unpaired) electrons. The third kappa shape index (κ3) is 2.93. The summed E-state index contributed by atoms with van der Waals surface area (Å²) in [5, 5.41) is 0. The van der Waals surface area contributed by atoms with Crippen molar-refractivity contribution in [3.05, 3.63) is 47.5 Å². The predicted molar refractivity (Wildman–Crippen MR) is 58.5 cm³/mol. The highest BCUT2D eigenvalue weighted by Crippen LogP contribution is 2.29. The van der Waals surface area contributed by atoms with E-state index in [4.69, 9.17) is 5.73 Å². The van der Waals surface area contributed by atoms with Crippen LogP contribution in [0.3, 0.4) is 0 Å². The lowest BCUT2D eigenvalue weighted by Gasteiger charge is -2.08. The van der Waals surface area contributed by atoms with Crippen molar-refractivity contribution in [3.8, 4) is 0 Å². The summed E-state index contributed by atoms with van der Waals surface area (Å²) in [6.45, 7) is 0. The fourth-order valence-electron chi connectivity index (χ4n) is 1.47. The van der Waals surface area contributed by atoms with Crippen LogP contribution in [0, 0.1) is 0 Å². The van der Waals surface area contributed by atoms with E-state index in [-0.39, 0.29) is 12.4 Å². The smallest absolute Gasteiger partial charge is 0.368 e. The molecule has 0 unspecified atom stereocenters. The number of hydrogen-bond donors (Lipinski definition) is 1. The van der Waals surface area contributed by atoms with Crippen molar-refractivity contribution in [1.82, 2.24) is 15.0 Å². The van der Waals surface area contributed by atoms with E-state index in [0.29, 0.717) is 11.4 Å². The van der Waals surface area contributed by atoms with Gasteiger partial charge >= 0.3 is 6.18 Å². The Labute approximate surface area is 101 Å². The van der Waals surface area contributed by atoms with Gasteiger partial charge in [-0.25, -0.2) is 9.97 Å². The Bertz CT molecular complexity index is 554. The van der Waals surface area contributed by atoms with Gasteiger partial charge in [0.2, 0.25) is 5.95 Å². The Kier molecular flexibility index (Phi) is 3.14. The molecule has 0 aliphatic rings. The van der Waals surface area contributed by atoms with Crippen LogP contribution >= 0.6 is 0 Å². The average Bonchev–Trinajstić information content (AvgIpc) is 2.28. The quantitative estimate of drug-likeness (QED) is 0.890. The first-order chi connectivity index (χ1) is 8.45. The molecule has 0 aliphatic carbocycles. The van der Waals surface area contributed by atoms with Gasteiger partial charge in [-0.1, -0.05) is 18.2 Å². The molecular formula is C11H9F3N4. The Morgan fingerprint density at radius 2 is 1.94 bits per heavy atom. The van der Waals surface area contributed by atoms with Crippen LogP contribution in [0.1, 0.15) is 17.0 Å². The standard InChI is InChI=1S/C11H9F3N4/c12-11(13,14)8-3-1-2-7(4-8)5-9-16-6-17-10(15)18-9/h1-4,6H,5H2,(H2,15,16,17,18). The van der Waals surface area contributed by atoms with Crippen molar-refractivity contribution >= 4 is 5.95 Å². The number of aromatic nitrogens is 3. The second-order valence-electron chi connectivity index (χ2n) is 3.63. The Balaban J connectivity index is 2.25. The van der Waals surface area contributed by atoms with E-state index in [0.717, 1.165) is 12.1 Å². The second-order valence-corrected chi connectivity index (χ2v) is 3.63. The van der Waals surface area contributed by atoms with Gasteiger partial charge in [-0.2, -0.15) is 18.2 Å². The van der Waals surface area contributed by atoms with Crippen molar-refractivity contribution in [3.63, 3.8) is 0 Å². The molecule has 1 aromatic carbocycles. The van der Waals surface area contributed by atoms with E-state index in [1.54, 1.807) is 6.07 Å². The van der Waals surface area contributed by atoms with Crippen LogP contribution in [0.5, 0.6) is 0 Å². The topological polar surface area (TPSA) is 64.7 Å². The zero-order chi connectivity index (χ0) is 13.2. The number of nitrogens with two attached hydrogens (primary N) is 1. The molecule has 0 saturated heterocycles. The third-order valence-electron chi connectivity index (χ3n) is 2.26. The summed E-state index contributed by atoms with van der Waals surface area (Å²) < 4.78 is 37.5. The van der Waals surface area contributed by atoms with Gasteiger partial charge in [0.25, 0.3) is 0 Å². The zero-order valence-electron chi connectivity index (χ0n) is 9.15. The highest BCUT2D eigenvalue weighted by atomic mass is 19.4. The summed E-state index contributed by atoms with van der Waals surface area (Å²) in [7, 11) is 0. The van der Waals surface area contributed by atoms with E-state index in [2.05, 4.69) is 15.0 Å². The average molecular weight is 254 g/mol. The van der Waals surface area contributed by atoms with Crippen LogP contribution in [-0.4, -0.2) is 15.0 Å². The molecule has 1 aromatic heterocycles. The molecule has 0 bridgehead atoms. The highest BCUT2D eigenvalue weighted by molar-refractivity contribution is 5.28. The molecule has 0 amide bonds. The molecule has 1 heterocycles. The van der Waals surface area contributed by atoms with Crippen LogP contribution in [0.2, 0.25) is 0 Å². The molecule has 4 nitrogen and oxygen atoms in total. The van der Waals surface area contributed by atoms with Gasteiger partial charge in [-0.05, 0) is 11.6 Å². The van der Waals surface area contributed by atoms with Gasteiger partial charge in [-0.15, -0.1) is 0 Å². The molecule has 18 heavy (non-hydrogen) atoms. The first-order valence-electron chi connectivity index (χ1n) is 5.04. The SMILES string of the molecule is Nc1ncnc(Cc2cccc(C(F)(F)F)c2)n1. The number of anilines is 1. The Morgan fingerprint density at radius 1 is 1.17 bits per heavy atom. The minimum absolute atomic E-state index is 0.0481. The highest BCUT2D eigenvalue weighted by Gasteiger charge is 2.30. The van der Waals surface area contributed by atoms with Crippen molar-refractivity contribution in [2.75, 3.05) is 5.73 Å². The van der Waals surface area contributed by atoms with Crippen molar-refractivity contribution in [2.24, 2.45) is 0 Å². The van der Waals surface area contributed by atoms with Crippen molar-refractivity contribution in [1.29, 1.82) is 0 Å².